The minimum Gasteiger partial charge on any atom is -0.427 e. The van der Waals surface area contributed by atoms with E-state index in [0.29, 0.717) is 39.6 Å². The maximum atomic E-state index is 8.33. The molecule has 2 aliphatic carbocycles. The lowest BCUT2D eigenvalue weighted by atomic mass is 9.79. The first kappa shape index (κ1) is 44.9. The highest BCUT2D eigenvalue weighted by Crippen LogP contribution is 2.35. The molecule has 0 unspecified atom stereocenters. The summed E-state index contributed by atoms with van der Waals surface area (Å²) in [4.78, 5) is 4.56. The summed E-state index contributed by atoms with van der Waals surface area (Å²) in [6.45, 7) is 9.00. The van der Waals surface area contributed by atoms with E-state index in [9.17, 15) is 0 Å². The van der Waals surface area contributed by atoms with Crippen molar-refractivity contribution >= 4 is 67.6 Å². The van der Waals surface area contributed by atoms with Crippen LogP contribution in [-0.4, -0.2) is 80.2 Å². The van der Waals surface area contributed by atoms with Gasteiger partial charge in [-0.25, -0.2) is 0 Å². The van der Waals surface area contributed by atoms with Crippen molar-refractivity contribution in [2.75, 3.05) is 56.6 Å². The lowest BCUT2D eigenvalue weighted by Crippen LogP contribution is -2.35. The quantitative estimate of drug-likeness (QED) is 0.124. The van der Waals surface area contributed by atoms with Gasteiger partial charge in [0.25, 0.3) is 0 Å². The molecule has 14 heteroatoms. The summed E-state index contributed by atoms with van der Waals surface area (Å²) in [5.41, 5.74) is 11.9. The molecule has 62 heavy (non-hydrogen) atoms. The molecular formula is C48H54B4N2O8. The first-order valence-electron chi connectivity index (χ1n) is 21.5. The second-order valence-corrected chi connectivity index (χ2v) is 14.8. The third-order valence-corrected chi connectivity index (χ3v) is 10.6. The number of hydrogen-bond acceptors (Lipinski definition) is 10. The summed E-state index contributed by atoms with van der Waals surface area (Å²) in [5, 5.41) is 8.33. The normalized spacial score (nSPS) is 16.0. The third kappa shape index (κ3) is 11.7. The van der Waals surface area contributed by atoms with E-state index in [1.807, 2.05) is 19.9 Å². The molecule has 2 heterocycles. The van der Waals surface area contributed by atoms with E-state index in [-0.39, 0.29) is 14.2 Å². The molecule has 0 atom stereocenters. The lowest BCUT2D eigenvalue weighted by Gasteiger charge is -2.27. The van der Waals surface area contributed by atoms with Crippen LogP contribution in [0.4, 0.5) is 22.7 Å². The molecule has 316 valence electrons. The Morgan fingerprint density at radius 3 is 1.37 bits per heavy atom. The van der Waals surface area contributed by atoms with Gasteiger partial charge in [-0.2, -0.15) is 0 Å². The Morgan fingerprint density at radius 2 is 0.984 bits per heavy atom. The highest BCUT2D eigenvalue weighted by Gasteiger charge is 2.28. The molecule has 0 aromatic heterocycles. The number of para-hydroxylation sites is 1. The summed E-state index contributed by atoms with van der Waals surface area (Å²) < 4.78 is 39.0. The Hall–Kier alpha value is -5.14. The van der Waals surface area contributed by atoms with Crippen LogP contribution < -0.4 is 26.2 Å². The smallest absolute Gasteiger partial charge is 0.427 e. The minimum absolute atomic E-state index is 0.303. The van der Waals surface area contributed by atoms with Crippen molar-refractivity contribution in [3.8, 4) is 0 Å². The van der Waals surface area contributed by atoms with Crippen molar-refractivity contribution in [3.05, 3.63) is 174 Å². The second-order valence-electron chi connectivity index (χ2n) is 14.8. The fourth-order valence-corrected chi connectivity index (χ4v) is 7.61. The van der Waals surface area contributed by atoms with Crippen LogP contribution in [0.2, 0.25) is 6.82 Å². The van der Waals surface area contributed by atoms with Crippen LogP contribution in [0.1, 0.15) is 26.7 Å². The first-order valence-corrected chi connectivity index (χ1v) is 21.5. The van der Waals surface area contributed by atoms with Gasteiger partial charge in [0, 0.05) is 54.5 Å². The van der Waals surface area contributed by atoms with Gasteiger partial charge in [0.05, 0.1) is 26.4 Å². The number of anilines is 4. The second kappa shape index (κ2) is 22.8. The van der Waals surface area contributed by atoms with Crippen LogP contribution in [0.15, 0.2) is 174 Å². The monoisotopic (exact) mass is 830 g/mol. The van der Waals surface area contributed by atoms with Crippen molar-refractivity contribution in [1.29, 1.82) is 0 Å². The Balaban J connectivity index is 0.000000900. The average molecular weight is 830 g/mol. The highest BCUT2D eigenvalue weighted by molar-refractivity contribution is 6.62. The number of rotatable bonds is 15. The Bertz CT molecular complexity index is 2220. The van der Waals surface area contributed by atoms with Gasteiger partial charge in [-0.3, -0.25) is 0 Å². The van der Waals surface area contributed by atoms with Gasteiger partial charge in [0.1, 0.15) is 0 Å². The largest absolute Gasteiger partial charge is 0.494 e. The molecule has 0 spiro atoms. The summed E-state index contributed by atoms with van der Waals surface area (Å²) in [6, 6.07) is 35.8. The van der Waals surface area contributed by atoms with Crippen LogP contribution >= 0.6 is 0 Å². The maximum Gasteiger partial charge on any atom is 0.494 e. The van der Waals surface area contributed by atoms with Crippen LogP contribution in [0.5, 0.6) is 0 Å². The topological polar surface area (TPSA) is 91.3 Å². The zero-order chi connectivity index (χ0) is 43.1. The van der Waals surface area contributed by atoms with Gasteiger partial charge in [-0.05, 0) is 134 Å². The molecule has 2 fully saturated rings. The molecule has 0 bridgehead atoms. The molecule has 0 amide bonds. The molecule has 0 saturated carbocycles. The molecule has 1 N–H and O–H groups in total. The van der Waals surface area contributed by atoms with Gasteiger partial charge in [-0.1, -0.05) is 78.9 Å². The number of allylic oxidation sites excluding steroid dienone is 10. The van der Waals surface area contributed by atoms with E-state index >= 15 is 0 Å². The molecule has 2 saturated heterocycles. The minimum atomic E-state index is -0.602. The summed E-state index contributed by atoms with van der Waals surface area (Å²) in [6.07, 6.45) is 19.6. The summed E-state index contributed by atoms with van der Waals surface area (Å²) in [7, 11) is 0.0195. The molecule has 4 aromatic carbocycles. The van der Waals surface area contributed by atoms with Gasteiger partial charge in [-0.15, -0.1) is 0 Å². The SMILES string of the molecule is CCOB(C)O.CCOB(OC)c1ccc(N(C2=CC=C(C3=CC=C(N(c4ccccc4)c4ccc(B5OCCO5)cc4)C=CC3)CC=C2)c2ccc(B3OCCO3)cc2)cc1. The van der Waals surface area contributed by atoms with Crippen LogP contribution in [0.3, 0.4) is 0 Å². The van der Waals surface area contributed by atoms with Crippen molar-refractivity contribution in [2.45, 2.75) is 33.5 Å². The molecule has 2 aliphatic heterocycles. The van der Waals surface area contributed by atoms with Gasteiger partial charge in [0.2, 0.25) is 0 Å². The van der Waals surface area contributed by atoms with E-state index in [4.69, 9.17) is 33.0 Å². The zero-order valence-electron chi connectivity index (χ0n) is 36.1. The van der Waals surface area contributed by atoms with Gasteiger partial charge >= 0.3 is 28.5 Å². The predicted octanol–water partition coefficient (Wildman–Crippen LogP) is 7.20. The van der Waals surface area contributed by atoms with Crippen molar-refractivity contribution in [1.82, 2.24) is 0 Å². The Labute approximate surface area is 368 Å². The van der Waals surface area contributed by atoms with E-state index in [1.165, 1.54) is 11.1 Å². The van der Waals surface area contributed by atoms with Crippen molar-refractivity contribution < 1.29 is 37.6 Å². The van der Waals surface area contributed by atoms with Crippen molar-refractivity contribution in [3.63, 3.8) is 0 Å². The highest BCUT2D eigenvalue weighted by atomic mass is 16.6. The summed E-state index contributed by atoms with van der Waals surface area (Å²) in [5.74, 6) is 0. The van der Waals surface area contributed by atoms with E-state index < -0.39 is 14.2 Å². The Morgan fingerprint density at radius 1 is 0.565 bits per heavy atom. The third-order valence-electron chi connectivity index (χ3n) is 10.6. The number of nitrogens with zero attached hydrogens (tertiary/aromatic N) is 2. The van der Waals surface area contributed by atoms with E-state index in [2.05, 4.69) is 160 Å². The number of benzene rings is 4. The summed E-state index contributed by atoms with van der Waals surface area (Å²) >= 11 is 0. The predicted molar refractivity (Wildman–Crippen MR) is 254 cm³/mol. The standard InChI is InChI=1S/C45H45B3N2O6.C3H9BO2/c1-3-52-46(51-2)37-17-25-44(26-18-37)50(45-29-21-39(22-30-45)48-55-33-34-56-48)42-14-8-10-36(16-24-42)35-9-7-13-41(23-15-35)49(40-11-5-4-6-12-40)43-27-19-38(20-28-43)47-53-31-32-54-47;1-3-6-4(2)5/h4-8,11-30H,3,9-10,31-34H2,1-2H3;5H,3H2,1-2H3. The zero-order valence-corrected chi connectivity index (χ0v) is 36.1. The van der Waals surface area contributed by atoms with E-state index in [1.54, 1.807) is 13.9 Å². The first-order chi connectivity index (χ1) is 30.4. The van der Waals surface area contributed by atoms with Crippen LogP contribution in [0, 0.1) is 0 Å². The van der Waals surface area contributed by atoms with E-state index in [0.717, 1.165) is 63.4 Å². The molecule has 0 radical (unpaired) electrons. The van der Waals surface area contributed by atoms with Crippen molar-refractivity contribution in [2.24, 2.45) is 0 Å². The fraction of sp³-hybridized carbons (Fsp3) is 0.250. The molecule has 8 rings (SSSR count). The van der Waals surface area contributed by atoms with Gasteiger partial charge in [0.15, 0.2) is 0 Å². The van der Waals surface area contributed by atoms with Crippen LogP contribution in [0.25, 0.3) is 0 Å². The molecule has 10 nitrogen and oxygen atoms in total. The van der Waals surface area contributed by atoms with Crippen LogP contribution in [-0.2, 0) is 32.6 Å². The molecule has 4 aromatic rings. The fourth-order valence-electron chi connectivity index (χ4n) is 7.61. The number of hydrogen-bond donors (Lipinski definition) is 1. The molecular weight excluding hydrogens is 776 g/mol. The maximum absolute atomic E-state index is 8.33. The van der Waals surface area contributed by atoms with Gasteiger partial charge < -0.3 is 47.4 Å². The lowest BCUT2D eigenvalue weighted by molar-refractivity contribution is 0.253. The molecule has 4 aliphatic rings. The average Bonchev–Trinajstić information content (AvgIpc) is 3.95. The Kier molecular flexibility index (Phi) is 16.5.